The molecular weight excluding hydrogens is 232 g/mol. The van der Waals surface area contributed by atoms with Gasteiger partial charge >= 0.3 is 0 Å². The Morgan fingerprint density at radius 3 is 2.61 bits per heavy atom. The zero-order valence-electron chi connectivity index (χ0n) is 10.8. The summed E-state index contributed by atoms with van der Waals surface area (Å²) in [7, 11) is 1.74. The number of aryl methyl sites for hydroxylation is 1. The molecule has 1 atom stereocenters. The Labute approximate surface area is 106 Å². The van der Waals surface area contributed by atoms with Gasteiger partial charge < -0.3 is 15.7 Å². The van der Waals surface area contributed by atoms with Crippen LogP contribution in [0.5, 0.6) is 0 Å². The Morgan fingerprint density at radius 2 is 2.17 bits per heavy atom. The third kappa shape index (κ3) is 2.48. The molecule has 2 heterocycles. The molecule has 0 radical (unpaired) electrons. The summed E-state index contributed by atoms with van der Waals surface area (Å²) in [5.41, 5.74) is 6.50. The molecule has 0 aliphatic carbocycles. The Hall–Kier alpha value is -1.56. The Bertz CT molecular complexity index is 433. The standard InChI is InChI=1S/C12H20N4O2/c1-8(17)9-3-5-16(6-4-9)12(18)11-10(13)7-15(2)14-11/h7-9,17H,3-6,13H2,1-2H3. The van der Waals surface area contributed by atoms with Gasteiger partial charge in [-0.05, 0) is 25.7 Å². The number of hydrogen-bond donors (Lipinski definition) is 2. The molecule has 100 valence electrons. The Morgan fingerprint density at radius 1 is 1.56 bits per heavy atom. The van der Waals surface area contributed by atoms with E-state index in [4.69, 9.17) is 5.73 Å². The first-order valence-electron chi connectivity index (χ1n) is 6.25. The summed E-state index contributed by atoms with van der Waals surface area (Å²) < 4.78 is 1.55. The largest absolute Gasteiger partial charge is 0.396 e. The van der Waals surface area contributed by atoms with Crippen molar-refractivity contribution in [1.82, 2.24) is 14.7 Å². The maximum absolute atomic E-state index is 12.2. The van der Waals surface area contributed by atoms with Crippen molar-refractivity contribution in [2.45, 2.75) is 25.9 Å². The lowest BCUT2D eigenvalue weighted by molar-refractivity contribution is 0.0517. The molecule has 1 aromatic heterocycles. The third-order valence-corrected chi connectivity index (χ3v) is 3.57. The van der Waals surface area contributed by atoms with Gasteiger partial charge in [-0.3, -0.25) is 9.48 Å². The number of nitrogens with two attached hydrogens (primary N) is 1. The quantitative estimate of drug-likeness (QED) is 0.789. The van der Waals surface area contributed by atoms with Crippen molar-refractivity contribution in [2.24, 2.45) is 13.0 Å². The fourth-order valence-electron chi connectivity index (χ4n) is 2.41. The van der Waals surface area contributed by atoms with Gasteiger partial charge in [-0.2, -0.15) is 5.10 Å². The van der Waals surface area contributed by atoms with Crippen LogP contribution in [0.25, 0.3) is 0 Å². The minimum atomic E-state index is -0.304. The fraction of sp³-hybridized carbons (Fsp3) is 0.667. The lowest BCUT2D eigenvalue weighted by atomic mass is 9.92. The van der Waals surface area contributed by atoms with Gasteiger partial charge in [-0.1, -0.05) is 0 Å². The van der Waals surface area contributed by atoms with Crippen LogP contribution >= 0.6 is 0 Å². The number of carbonyl (C=O) groups is 1. The molecule has 1 aromatic rings. The molecule has 1 amide bonds. The van der Waals surface area contributed by atoms with Crippen LogP contribution in [-0.2, 0) is 7.05 Å². The van der Waals surface area contributed by atoms with E-state index >= 15 is 0 Å². The van der Waals surface area contributed by atoms with Gasteiger partial charge in [-0.25, -0.2) is 0 Å². The Balaban J connectivity index is 2.02. The molecule has 1 aliphatic heterocycles. The predicted octanol–water partition coefficient (Wildman–Crippen LogP) is 0.235. The summed E-state index contributed by atoms with van der Waals surface area (Å²) in [6.07, 6.45) is 2.99. The number of aliphatic hydroxyl groups excluding tert-OH is 1. The van der Waals surface area contributed by atoms with Crippen molar-refractivity contribution < 1.29 is 9.90 Å². The molecule has 6 heteroatoms. The zero-order chi connectivity index (χ0) is 13.3. The monoisotopic (exact) mass is 252 g/mol. The van der Waals surface area contributed by atoms with Gasteiger partial charge in [0, 0.05) is 26.3 Å². The van der Waals surface area contributed by atoms with Crippen LogP contribution in [0.2, 0.25) is 0 Å². The summed E-state index contributed by atoms with van der Waals surface area (Å²) in [5, 5.41) is 13.6. The van der Waals surface area contributed by atoms with Crippen LogP contribution in [0, 0.1) is 5.92 Å². The highest BCUT2D eigenvalue weighted by molar-refractivity contribution is 5.97. The number of nitrogen functional groups attached to an aromatic ring is 1. The average Bonchev–Trinajstić information content (AvgIpc) is 2.67. The van der Waals surface area contributed by atoms with Crippen LogP contribution in [0.1, 0.15) is 30.3 Å². The highest BCUT2D eigenvalue weighted by Gasteiger charge is 2.28. The maximum atomic E-state index is 12.2. The molecule has 0 spiro atoms. The van der Waals surface area contributed by atoms with Crippen LogP contribution in [0.15, 0.2) is 6.20 Å². The van der Waals surface area contributed by atoms with E-state index in [1.165, 1.54) is 0 Å². The second kappa shape index (κ2) is 4.97. The van der Waals surface area contributed by atoms with E-state index in [-0.39, 0.29) is 17.9 Å². The van der Waals surface area contributed by atoms with Crippen molar-refractivity contribution in [2.75, 3.05) is 18.8 Å². The number of carbonyl (C=O) groups excluding carboxylic acids is 1. The number of likely N-dealkylation sites (tertiary alicyclic amines) is 1. The average molecular weight is 252 g/mol. The fourth-order valence-corrected chi connectivity index (χ4v) is 2.41. The number of nitrogens with zero attached hydrogens (tertiary/aromatic N) is 3. The third-order valence-electron chi connectivity index (χ3n) is 3.57. The number of aromatic nitrogens is 2. The van der Waals surface area contributed by atoms with Crippen LogP contribution in [-0.4, -0.2) is 44.9 Å². The molecular formula is C12H20N4O2. The Kier molecular flexibility index (Phi) is 3.56. The van der Waals surface area contributed by atoms with E-state index in [0.29, 0.717) is 24.5 Å². The van der Waals surface area contributed by atoms with E-state index in [1.807, 2.05) is 0 Å². The molecule has 6 nitrogen and oxygen atoms in total. The van der Waals surface area contributed by atoms with E-state index < -0.39 is 0 Å². The van der Waals surface area contributed by atoms with Gasteiger partial charge in [0.15, 0.2) is 5.69 Å². The van der Waals surface area contributed by atoms with Crippen molar-refractivity contribution in [1.29, 1.82) is 0 Å². The molecule has 0 aromatic carbocycles. The lowest BCUT2D eigenvalue weighted by Crippen LogP contribution is -2.41. The molecule has 18 heavy (non-hydrogen) atoms. The van der Waals surface area contributed by atoms with Gasteiger partial charge in [-0.15, -0.1) is 0 Å². The second-order valence-corrected chi connectivity index (χ2v) is 4.98. The van der Waals surface area contributed by atoms with Crippen LogP contribution in [0.4, 0.5) is 5.69 Å². The lowest BCUT2D eigenvalue weighted by Gasteiger charge is -2.32. The minimum Gasteiger partial charge on any atom is -0.396 e. The number of piperidine rings is 1. The number of hydrogen-bond acceptors (Lipinski definition) is 4. The number of rotatable bonds is 2. The predicted molar refractivity (Wildman–Crippen MR) is 67.9 cm³/mol. The molecule has 3 N–H and O–H groups in total. The molecule has 1 saturated heterocycles. The van der Waals surface area contributed by atoms with Crippen molar-refractivity contribution in [3.63, 3.8) is 0 Å². The van der Waals surface area contributed by atoms with Gasteiger partial charge in [0.2, 0.25) is 0 Å². The molecule has 0 bridgehead atoms. The van der Waals surface area contributed by atoms with Gasteiger partial charge in [0.1, 0.15) is 0 Å². The maximum Gasteiger partial charge on any atom is 0.276 e. The van der Waals surface area contributed by atoms with Gasteiger partial charge in [0.25, 0.3) is 5.91 Å². The smallest absolute Gasteiger partial charge is 0.276 e. The zero-order valence-corrected chi connectivity index (χ0v) is 10.8. The molecule has 0 saturated carbocycles. The summed E-state index contributed by atoms with van der Waals surface area (Å²) in [4.78, 5) is 14.0. The van der Waals surface area contributed by atoms with E-state index in [0.717, 1.165) is 12.8 Å². The van der Waals surface area contributed by atoms with Crippen LogP contribution < -0.4 is 5.73 Å². The first-order valence-corrected chi connectivity index (χ1v) is 6.25. The molecule has 1 aliphatic rings. The highest BCUT2D eigenvalue weighted by atomic mass is 16.3. The highest BCUT2D eigenvalue weighted by Crippen LogP contribution is 2.22. The topological polar surface area (TPSA) is 84.4 Å². The van der Waals surface area contributed by atoms with E-state index in [2.05, 4.69) is 5.10 Å². The number of aliphatic hydroxyl groups is 1. The molecule has 2 rings (SSSR count). The number of anilines is 1. The second-order valence-electron chi connectivity index (χ2n) is 4.98. The first kappa shape index (κ1) is 12.9. The van der Waals surface area contributed by atoms with Crippen LogP contribution in [0.3, 0.4) is 0 Å². The number of amides is 1. The van der Waals surface area contributed by atoms with Crippen molar-refractivity contribution in [3.05, 3.63) is 11.9 Å². The molecule has 1 unspecified atom stereocenters. The van der Waals surface area contributed by atoms with E-state index in [9.17, 15) is 9.90 Å². The summed E-state index contributed by atoms with van der Waals surface area (Å²) in [6, 6.07) is 0. The van der Waals surface area contributed by atoms with Crippen molar-refractivity contribution in [3.8, 4) is 0 Å². The first-order chi connectivity index (χ1) is 8.49. The molecule has 1 fully saturated rings. The van der Waals surface area contributed by atoms with Crippen molar-refractivity contribution >= 4 is 11.6 Å². The summed E-state index contributed by atoms with van der Waals surface area (Å²) in [6.45, 7) is 3.12. The van der Waals surface area contributed by atoms with Gasteiger partial charge in [0.05, 0.1) is 11.8 Å². The summed E-state index contributed by atoms with van der Waals surface area (Å²) >= 11 is 0. The SMILES string of the molecule is CC(O)C1CCN(C(=O)c2nn(C)cc2N)CC1. The summed E-state index contributed by atoms with van der Waals surface area (Å²) in [5.74, 6) is 0.173. The minimum absolute atomic E-state index is 0.114. The van der Waals surface area contributed by atoms with E-state index in [1.54, 1.807) is 29.7 Å². The normalized spacial score (nSPS) is 18.9.